The number of amides is 1. The number of aryl methyl sites for hydroxylation is 1. The molecule has 1 N–H and O–H groups in total. The number of nitrogens with zero attached hydrogens (tertiary/aromatic N) is 1. The molecule has 0 aliphatic heterocycles. The molecule has 0 bridgehead atoms. The molecular formula is C21H27ClN2O5S. The van der Waals surface area contributed by atoms with Crippen LogP contribution in [0.25, 0.3) is 0 Å². The van der Waals surface area contributed by atoms with Crippen LogP contribution in [0.4, 0.5) is 5.69 Å². The molecule has 0 aliphatic carbocycles. The molecule has 0 spiro atoms. The van der Waals surface area contributed by atoms with Crippen LogP contribution in [0, 0.1) is 6.92 Å². The van der Waals surface area contributed by atoms with Gasteiger partial charge in [0.15, 0.2) is 0 Å². The molecule has 0 aromatic heterocycles. The zero-order chi connectivity index (χ0) is 22.6. The van der Waals surface area contributed by atoms with Crippen LogP contribution in [0.5, 0.6) is 11.5 Å². The van der Waals surface area contributed by atoms with Gasteiger partial charge in [-0.2, -0.15) is 0 Å². The van der Waals surface area contributed by atoms with Crippen LogP contribution in [0.3, 0.4) is 0 Å². The Morgan fingerprint density at radius 3 is 2.30 bits per heavy atom. The normalized spacial score (nSPS) is 13.3. The highest BCUT2D eigenvalue weighted by molar-refractivity contribution is 7.92. The summed E-state index contributed by atoms with van der Waals surface area (Å²) in [5.41, 5.74) is 1.84. The number of carbonyl (C=O) groups is 1. The zero-order valence-electron chi connectivity index (χ0n) is 17.9. The Kier molecular flexibility index (Phi) is 7.60. The van der Waals surface area contributed by atoms with E-state index in [2.05, 4.69) is 5.32 Å². The van der Waals surface area contributed by atoms with Crippen molar-refractivity contribution in [2.24, 2.45) is 0 Å². The van der Waals surface area contributed by atoms with Gasteiger partial charge in [0.2, 0.25) is 15.9 Å². The molecule has 2 rings (SSSR count). The van der Waals surface area contributed by atoms with Crippen LogP contribution in [-0.4, -0.2) is 40.8 Å². The van der Waals surface area contributed by atoms with E-state index in [9.17, 15) is 13.2 Å². The number of ether oxygens (including phenoxy) is 2. The molecule has 2 aromatic rings. The Morgan fingerprint density at radius 2 is 1.77 bits per heavy atom. The highest BCUT2D eigenvalue weighted by Crippen LogP contribution is 2.30. The Bertz CT molecular complexity index is 1030. The van der Waals surface area contributed by atoms with Gasteiger partial charge in [-0.3, -0.25) is 9.10 Å². The summed E-state index contributed by atoms with van der Waals surface area (Å²) in [4.78, 5) is 13.0. The molecule has 30 heavy (non-hydrogen) atoms. The highest BCUT2D eigenvalue weighted by Gasteiger charge is 2.30. The average Bonchev–Trinajstić information content (AvgIpc) is 2.68. The van der Waals surface area contributed by atoms with Gasteiger partial charge in [-0.1, -0.05) is 17.7 Å². The molecular weight excluding hydrogens is 428 g/mol. The second kappa shape index (κ2) is 9.57. The second-order valence-corrected chi connectivity index (χ2v) is 9.27. The number of rotatable bonds is 8. The van der Waals surface area contributed by atoms with Crippen molar-refractivity contribution in [3.8, 4) is 11.5 Å². The van der Waals surface area contributed by atoms with Gasteiger partial charge < -0.3 is 14.8 Å². The maximum atomic E-state index is 13.0. The summed E-state index contributed by atoms with van der Waals surface area (Å²) in [6.07, 6.45) is 1.05. The molecule has 0 heterocycles. The standard InChI is InChI=1S/C21H27ClN2O5S/c1-13-7-8-16(11-19(13)22)24(30(6,26)27)15(3)21(25)23-14(2)18-12-17(28-4)9-10-20(18)29-5/h7-12,14-15H,1-6H3,(H,23,25)/t14-,15+/m0/s1. The maximum absolute atomic E-state index is 13.0. The Balaban J connectivity index is 2.33. The van der Waals surface area contributed by atoms with E-state index in [1.807, 2.05) is 6.92 Å². The van der Waals surface area contributed by atoms with Crippen molar-refractivity contribution in [2.45, 2.75) is 32.9 Å². The van der Waals surface area contributed by atoms with Gasteiger partial charge in [0, 0.05) is 10.6 Å². The average molecular weight is 455 g/mol. The number of benzene rings is 2. The lowest BCUT2D eigenvalue weighted by atomic mass is 10.1. The summed E-state index contributed by atoms with van der Waals surface area (Å²) in [5, 5.41) is 3.28. The Hall–Kier alpha value is -2.45. The summed E-state index contributed by atoms with van der Waals surface area (Å²) in [7, 11) is -0.661. The maximum Gasteiger partial charge on any atom is 0.244 e. The van der Waals surface area contributed by atoms with Gasteiger partial charge in [-0.25, -0.2) is 8.42 Å². The fourth-order valence-corrected chi connectivity index (χ4v) is 4.46. The van der Waals surface area contributed by atoms with Gasteiger partial charge in [0.05, 0.1) is 32.2 Å². The molecule has 0 unspecified atom stereocenters. The van der Waals surface area contributed by atoms with Crippen molar-refractivity contribution < 1.29 is 22.7 Å². The SMILES string of the molecule is COc1ccc(OC)c([C@H](C)NC(=O)[C@@H](C)N(c2ccc(C)c(Cl)c2)S(C)(=O)=O)c1. The minimum atomic E-state index is -3.75. The van der Waals surface area contributed by atoms with Crippen molar-refractivity contribution in [3.05, 3.63) is 52.5 Å². The van der Waals surface area contributed by atoms with E-state index in [4.69, 9.17) is 21.1 Å². The number of anilines is 1. The number of nitrogens with one attached hydrogen (secondary N) is 1. The Morgan fingerprint density at radius 1 is 1.10 bits per heavy atom. The van der Waals surface area contributed by atoms with E-state index >= 15 is 0 Å². The smallest absolute Gasteiger partial charge is 0.244 e. The molecule has 0 saturated heterocycles. The third-order valence-corrected chi connectivity index (χ3v) is 6.41. The van der Waals surface area contributed by atoms with Crippen molar-refractivity contribution in [1.29, 1.82) is 0 Å². The van der Waals surface area contributed by atoms with Crippen molar-refractivity contribution in [1.82, 2.24) is 5.32 Å². The van der Waals surface area contributed by atoms with Crippen molar-refractivity contribution >= 4 is 33.2 Å². The largest absolute Gasteiger partial charge is 0.497 e. The van der Waals surface area contributed by atoms with Crippen LogP contribution in [0.1, 0.15) is 31.0 Å². The first-order valence-electron chi connectivity index (χ1n) is 9.27. The lowest BCUT2D eigenvalue weighted by Crippen LogP contribution is -2.48. The van der Waals surface area contributed by atoms with Crippen LogP contribution < -0.4 is 19.1 Å². The van der Waals surface area contributed by atoms with Crippen LogP contribution in [-0.2, 0) is 14.8 Å². The van der Waals surface area contributed by atoms with E-state index < -0.39 is 28.0 Å². The monoisotopic (exact) mass is 454 g/mol. The number of hydrogen-bond donors (Lipinski definition) is 1. The molecule has 1 amide bonds. The lowest BCUT2D eigenvalue weighted by Gasteiger charge is -2.29. The molecule has 164 valence electrons. The van der Waals surface area contributed by atoms with E-state index in [0.29, 0.717) is 27.8 Å². The molecule has 7 nitrogen and oxygen atoms in total. The predicted octanol–water partition coefficient (Wildman–Crippen LogP) is 3.70. The number of halogens is 1. The van der Waals surface area contributed by atoms with E-state index in [0.717, 1.165) is 16.1 Å². The molecule has 0 saturated carbocycles. The molecule has 9 heteroatoms. The quantitative estimate of drug-likeness (QED) is 0.657. The topological polar surface area (TPSA) is 84.9 Å². The van der Waals surface area contributed by atoms with E-state index in [1.54, 1.807) is 44.4 Å². The summed E-state index contributed by atoms with van der Waals surface area (Å²) in [6.45, 7) is 5.13. The van der Waals surface area contributed by atoms with Crippen LogP contribution in [0.15, 0.2) is 36.4 Å². The molecule has 0 radical (unpaired) electrons. The molecule has 0 fully saturated rings. The number of sulfonamides is 1. The second-order valence-electron chi connectivity index (χ2n) is 7.01. The lowest BCUT2D eigenvalue weighted by molar-refractivity contribution is -0.122. The zero-order valence-corrected chi connectivity index (χ0v) is 19.5. The van der Waals surface area contributed by atoms with E-state index in [1.165, 1.54) is 20.1 Å². The molecule has 2 atom stereocenters. The number of hydrogen-bond acceptors (Lipinski definition) is 5. The highest BCUT2D eigenvalue weighted by atomic mass is 35.5. The third-order valence-electron chi connectivity index (χ3n) is 4.76. The minimum absolute atomic E-state index is 0.322. The number of methoxy groups -OCH3 is 2. The molecule has 0 aliphatic rings. The van der Waals surface area contributed by atoms with Gasteiger partial charge in [-0.05, 0) is 56.7 Å². The van der Waals surface area contributed by atoms with Crippen LogP contribution >= 0.6 is 11.6 Å². The van der Waals surface area contributed by atoms with Gasteiger partial charge >= 0.3 is 0 Å². The summed E-state index contributed by atoms with van der Waals surface area (Å²) < 4.78 is 36.6. The van der Waals surface area contributed by atoms with Gasteiger partial charge in [0.25, 0.3) is 0 Å². The Labute approximate surface area is 183 Å². The van der Waals surface area contributed by atoms with E-state index in [-0.39, 0.29) is 0 Å². The first-order valence-corrected chi connectivity index (χ1v) is 11.5. The predicted molar refractivity (Wildman–Crippen MR) is 119 cm³/mol. The fraction of sp³-hybridized carbons (Fsp3) is 0.381. The first kappa shape index (κ1) is 23.8. The third kappa shape index (κ3) is 5.37. The van der Waals surface area contributed by atoms with Gasteiger partial charge in [-0.15, -0.1) is 0 Å². The van der Waals surface area contributed by atoms with Crippen molar-refractivity contribution in [3.63, 3.8) is 0 Å². The summed E-state index contributed by atoms with van der Waals surface area (Å²) in [5.74, 6) is 0.739. The first-order chi connectivity index (χ1) is 14.0. The fourth-order valence-electron chi connectivity index (χ4n) is 3.12. The minimum Gasteiger partial charge on any atom is -0.497 e. The number of carbonyl (C=O) groups excluding carboxylic acids is 1. The van der Waals surface area contributed by atoms with Crippen LogP contribution in [0.2, 0.25) is 5.02 Å². The summed E-state index contributed by atoms with van der Waals surface area (Å²) in [6, 6.07) is 8.69. The summed E-state index contributed by atoms with van der Waals surface area (Å²) >= 11 is 6.17. The molecule has 2 aromatic carbocycles. The van der Waals surface area contributed by atoms with Gasteiger partial charge in [0.1, 0.15) is 17.5 Å². The van der Waals surface area contributed by atoms with Crippen molar-refractivity contribution in [2.75, 3.05) is 24.8 Å².